The molecule has 0 aliphatic carbocycles. The molecule has 282 valence electrons. The molecule has 0 spiro atoms. The normalized spacial score (nSPS) is 11.9. The predicted molar refractivity (Wildman–Crippen MR) is 259 cm³/mol. The van der Waals surface area contributed by atoms with Gasteiger partial charge in [0.25, 0.3) is 0 Å². The standard InChI is InChI=1S/C57H33N3S/c1-2-10-34(11-3-1)35-22-27-39(28-23-35)55-58-56(43-17-6-16-40(30-43)50-33-41-12-4-5-21-49(41)61-50)60-57(59-55)44-31-42-29-26-38-14-8-19-46-45-18-7-13-36-24-25-37-15-9-20-47(53(37)51(36)45)48(32-44)54(42)52(38)46/h1-33H. The summed E-state index contributed by atoms with van der Waals surface area (Å²) in [7, 11) is 0. The van der Waals surface area contributed by atoms with Gasteiger partial charge in [-0.1, -0.05) is 170 Å². The Morgan fingerprint density at radius 2 is 0.738 bits per heavy atom. The molecule has 0 N–H and O–H groups in total. The third-order valence-electron chi connectivity index (χ3n) is 12.4. The van der Waals surface area contributed by atoms with Gasteiger partial charge in [-0.3, -0.25) is 0 Å². The smallest absolute Gasteiger partial charge is 0.164 e. The minimum atomic E-state index is 0.635. The molecule has 61 heavy (non-hydrogen) atoms. The summed E-state index contributed by atoms with van der Waals surface area (Å²) in [6.45, 7) is 0. The number of aromatic nitrogens is 3. The van der Waals surface area contributed by atoms with Crippen molar-refractivity contribution in [3.63, 3.8) is 0 Å². The minimum absolute atomic E-state index is 0.635. The lowest BCUT2D eigenvalue weighted by Crippen LogP contribution is -2.00. The van der Waals surface area contributed by atoms with E-state index in [2.05, 4.69) is 194 Å². The Labute approximate surface area is 355 Å². The van der Waals surface area contributed by atoms with Crippen molar-refractivity contribution in [2.45, 2.75) is 0 Å². The summed E-state index contributed by atoms with van der Waals surface area (Å²) in [6, 6.07) is 72.4. The second-order valence-electron chi connectivity index (χ2n) is 15.9. The highest BCUT2D eigenvalue weighted by Gasteiger charge is 2.19. The summed E-state index contributed by atoms with van der Waals surface area (Å²) in [4.78, 5) is 17.1. The second kappa shape index (κ2) is 13.4. The van der Waals surface area contributed by atoms with Crippen LogP contribution in [0, 0.1) is 0 Å². The summed E-state index contributed by atoms with van der Waals surface area (Å²) >= 11 is 1.81. The maximum atomic E-state index is 5.35. The first-order valence-electron chi connectivity index (χ1n) is 20.7. The third-order valence-corrected chi connectivity index (χ3v) is 13.6. The molecule has 0 amide bonds. The number of nitrogens with zero attached hydrogens (tertiary/aromatic N) is 3. The van der Waals surface area contributed by atoms with Gasteiger partial charge in [0.1, 0.15) is 0 Å². The van der Waals surface area contributed by atoms with Crippen LogP contribution in [-0.4, -0.2) is 15.0 Å². The van der Waals surface area contributed by atoms with Gasteiger partial charge in [-0.05, 0) is 117 Å². The summed E-state index contributed by atoms with van der Waals surface area (Å²) in [5.41, 5.74) is 6.29. The second-order valence-corrected chi connectivity index (χ2v) is 17.0. The van der Waals surface area contributed by atoms with Crippen LogP contribution in [0.5, 0.6) is 0 Å². The van der Waals surface area contributed by atoms with E-state index in [-0.39, 0.29) is 0 Å². The fraction of sp³-hybridized carbons (Fsp3) is 0. The number of rotatable bonds is 5. The van der Waals surface area contributed by atoms with Crippen LogP contribution in [0.2, 0.25) is 0 Å². The highest BCUT2D eigenvalue weighted by molar-refractivity contribution is 7.22. The van der Waals surface area contributed by atoms with E-state index in [4.69, 9.17) is 15.0 Å². The maximum Gasteiger partial charge on any atom is 0.164 e. The number of hydrogen-bond donors (Lipinski definition) is 0. The van der Waals surface area contributed by atoms with E-state index in [9.17, 15) is 0 Å². The van der Waals surface area contributed by atoms with Crippen molar-refractivity contribution in [1.29, 1.82) is 0 Å². The number of thiophene rings is 1. The molecule has 0 radical (unpaired) electrons. The van der Waals surface area contributed by atoms with Crippen molar-refractivity contribution in [1.82, 2.24) is 15.0 Å². The van der Waals surface area contributed by atoms with Crippen molar-refractivity contribution >= 4 is 86.1 Å². The van der Waals surface area contributed by atoms with E-state index < -0.39 is 0 Å². The molecular formula is C57H33N3S. The van der Waals surface area contributed by atoms with Crippen LogP contribution in [0.3, 0.4) is 0 Å². The van der Waals surface area contributed by atoms with Gasteiger partial charge in [0.15, 0.2) is 17.5 Å². The molecule has 0 fully saturated rings. The molecule has 2 aromatic heterocycles. The lowest BCUT2D eigenvalue weighted by molar-refractivity contribution is 1.07. The Bertz CT molecular complexity index is 3830. The Hall–Kier alpha value is -7.79. The highest BCUT2D eigenvalue weighted by Crippen LogP contribution is 2.44. The molecule has 0 unspecified atom stereocenters. The zero-order chi connectivity index (χ0) is 40.0. The van der Waals surface area contributed by atoms with Gasteiger partial charge in [-0.2, -0.15) is 0 Å². The van der Waals surface area contributed by atoms with Crippen LogP contribution >= 0.6 is 11.3 Å². The SMILES string of the molecule is c1ccc(-c2ccc(-c3nc(-c4cccc(-c5cc6ccccc6s5)c4)nc(-c4cc5ccc6cccc7c8cccc9ccc%10cccc(c(c4)c5c67)c%10c98)n3)cc2)cc1. The first-order chi connectivity index (χ1) is 30.2. The molecule has 0 aliphatic heterocycles. The predicted octanol–water partition coefficient (Wildman–Crippen LogP) is 15.8. The number of fused-ring (bicyclic) bond motifs is 3. The molecule has 2 heterocycles. The monoisotopic (exact) mass is 791 g/mol. The molecule has 3 nitrogen and oxygen atoms in total. The lowest BCUT2D eigenvalue weighted by Gasteiger charge is -2.17. The van der Waals surface area contributed by atoms with Crippen LogP contribution < -0.4 is 0 Å². The van der Waals surface area contributed by atoms with E-state index in [1.807, 2.05) is 6.07 Å². The molecule has 0 saturated carbocycles. The zero-order valence-electron chi connectivity index (χ0n) is 32.8. The maximum absolute atomic E-state index is 5.35. The van der Waals surface area contributed by atoms with Crippen molar-refractivity contribution in [2.75, 3.05) is 0 Å². The minimum Gasteiger partial charge on any atom is -0.208 e. The summed E-state index contributed by atoms with van der Waals surface area (Å²) in [6.07, 6.45) is 0. The van der Waals surface area contributed by atoms with Crippen molar-refractivity contribution in [3.8, 4) is 55.7 Å². The van der Waals surface area contributed by atoms with E-state index in [1.165, 1.54) is 79.8 Å². The van der Waals surface area contributed by atoms with Crippen LogP contribution in [0.4, 0.5) is 0 Å². The van der Waals surface area contributed by atoms with Crippen LogP contribution in [-0.2, 0) is 0 Å². The quantitative estimate of drug-likeness (QED) is 0.163. The fourth-order valence-electron chi connectivity index (χ4n) is 9.55. The number of hydrogen-bond acceptors (Lipinski definition) is 4. The molecule has 13 rings (SSSR count). The number of benzene rings is 10. The van der Waals surface area contributed by atoms with Crippen molar-refractivity contribution < 1.29 is 0 Å². The molecule has 11 aromatic carbocycles. The molecular weight excluding hydrogens is 759 g/mol. The fourth-order valence-corrected chi connectivity index (χ4v) is 10.6. The van der Waals surface area contributed by atoms with Gasteiger partial charge in [-0.25, -0.2) is 15.0 Å². The molecule has 4 heteroatoms. The van der Waals surface area contributed by atoms with Crippen LogP contribution in [0.1, 0.15) is 0 Å². The molecule has 0 bridgehead atoms. The summed E-state index contributed by atoms with van der Waals surface area (Å²) in [5.74, 6) is 1.91. The summed E-state index contributed by atoms with van der Waals surface area (Å²) < 4.78 is 1.27. The third kappa shape index (κ3) is 5.46. The Balaban J connectivity index is 1.08. The average molecular weight is 792 g/mol. The van der Waals surface area contributed by atoms with Crippen LogP contribution in [0.15, 0.2) is 200 Å². The van der Waals surface area contributed by atoms with Crippen LogP contribution in [0.25, 0.3) is 130 Å². The van der Waals surface area contributed by atoms with Crippen molar-refractivity contribution in [2.24, 2.45) is 0 Å². The molecule has 0 saturated heterocycles. The Morgan fingerprint density at radius 1 is 0.262 bits per heavy atom. The topological polar surface area (TPSA) is 38.7 Å². The molecule has 13 aromatic rings. The van der Waals surface area contributed by atoms with Gasteiger partial charge in [0.2, 0.25) is 0 Å². The van der Waals surface area contributed by atoms with E-state index in [0.717, 1.165) is 33.2 Å². The van der Waals surface area contributed by atoms with E-state index in [1.54, 1.807) is 11.3 Å². The first-order valence-corrected chi connectivity index (χ1v) is 21.5. The first kappa shape index (κ1) is 34.1. The van der Waals surface area contributed by atoms with Gasteiger partial charge in [-0.15, -0.1) is 11.3 Å². The van der Waals surface area contributed by atoms with Crippen molar-refractivity contribution in [3.05, 3.63) is 200 Å². The average Bonchev–Trinajstić information content (AvgIpc) is 3.77. The highest BCUT2D eigenvalue weighted by atomic mass is 32.1. The van der Waals surface area contributed by atoms with Gasteiger partial charge < -0.3 is 0 Å². The van der Waals surface area contributed by atoms with Gasteiger partial charge in [0, 0.05) is 26.3 Å². The molecule has 0 atom stereocenters. The Morgan fingerprint density at radius 3 is 1.41 bits per heavy atom. The largest absolute Gasteiger partial charge is 0.208 e. The Kier molecular flexibility index (Phi) is 7.47. The van der Waals surface area contributed by atoms with E-state index >= 15 is 0 Å². The van der Waals surface area contributed by atoms with Gasteiger partial charge in [0.05, 0.1) is 0 Å². The molecule has 0 aliphatic rings. The van der Waals surface area contributed by atoms with E-state index in [0.29, 0.717) is 17.5 Å². The lowest BCUT2D eigenvalue weighted by atomic mass is 9.87. The zero-order valence-corrected chi connectivity index (χ0v) is 33.6. The summed E-state index contributed by atoms with van der Waals surface area (Å²) in [5, 5.41) is 16.1. The van der Waals surface area contributed by atoms with Gasteiger partial charge >= 0.3 is 0 Å².